The normalized spacial score (nSPS) is 11.3. The number of nitrogens with one attached hydrogen (secondary N) is 1. The molecule has 1 rings (SSSR count). The third-order valence-electron chi connectivity index (χ3n) is 2.20. The summed E-state index contributed by atoms with van der Waals surface area (Å²) in [6.45, 7) is 9.25. The van der Waals surface area contributed by atoms with Gasteiger partial charge in [0.1, 0.15) is 0 Å². The number of benzene rings is 1. The molecule has 0 atom stereocenters. The molecule has 1 N–H and O–H groups in total. The first kappa shape index (κ1) is 14.1. The molecule has 0 aromatic heterocycles. The average Bonchev–Trinajstić information content (AvgIpc) is 2.23. The molecule has 1 amide bonds. The third kappa shape index (κ3) is 5.78. The lowest BCUT2D eigenvalue weighted by Gasteiger charge is -2.17. The predicted octanol–water partition coefficient (Wildman–Crippen LogP) is 3.26. The molecule has 94 valence electrons. The van der Waals surface area contributed by atoms with Gasteiger partial charge in [0.15, 0.2) is 0 Å². The molecule has 0 aliphatic rings. The minimum atomic E-state index is 0.0169. The van der Waals surface area contributed by atoms with Gasteiger partial charge in [-0.05, 0) is 19.1 Å². The maximum Gasteiger partial charge on any atom is 0.251 e. The molecule has 1 aromatic rings. The standard InChI is InChI=1S/C14H21NOS/c1-11-6-5-7-12(10-11)13(16)15-8-9-17-14(2,3)4/h5-7,10H,8-9H2,1-4H3,(H,15,16). The largest absolute Gasteiger partial charge is 0.351 e. The van der Waals surface area contributed by atoms with Crippen molar-refractivity contribution < 1.29 is 4.79 Å². The molecule has 0 radical (unpaired) electrons. The van der Waals surface area contributed by atoms with Crippen molar-refractivity contribution in [2.24, 2.45) is 0 Å². The summed E-state index contributed by atoms with van der Waals surface area (Å²) in [7, 11) is 0. The van der Waals surface area contributed by atoms with E-state index in [1.807, 2.05) is 43.0 Å². The molecule has 0 heterocycles. The van der Waals surface area contributed by atoms with Gasteiger partial charge in [0.25, 0.3) is 5.91 Å². The molecular weight excluding hydrogens is 230 g/mol. The number of carbonyl (C=O) groups is 1. The predicted molar refractivity (Wildman–Crippen MR) is 75.7 cm³/mol. The van der Waals surface area contributed by atoms with Crippen LogP contribution >= 0.6 is 11.8 Å². The van der Waals surface area contributed by atoms with E-state index >= 15 is 0 Å². The number of aryl methyl sites for hydroxylation is 1. The van der Waals surface area contributed by atoms with Gasteiger partial charge in [-0.25, -0.2) is 0 Å². The molecule has 2 nitrogen and oxygen atoms in total. The number of rotatable bonds is 4. The number of thioether (sulfide) groups is 1. The van der Waals surface area contributed by atoms with Crippen molar-refractivity contribution in [3.05, 3.63) is 35.4 Å². The first-order chi connectivity index (χ1) is 7.88. The summed E-state index contributed by atoms with van der Waals surface area (Å²) in [4.78, 5) is 11.8. The van der Waals surface area contributed by atoms with Crippen molar-refractivity contribution in [3.8, 4) is 0 Å². The fourth-order valence-electron chi connectivity index (χ4n) is 1.41. The average molecular weight is 251 g/mol. The second-order valence-corrected chi connectivity index (χ2v) is 7.01. The Morgan fingerprint density at radius 2 is 2.06 bits per heavy atom. The summed E-state index contributed by atoms with van der Waals surface area (Å²) in [6, 6.07) is 7.66. The topological polar surface area (TPSA) is 29.1 Å². The van der Waals surface area contributed by atoms with Crippen LogP contribution in [0.3, 0.4) is 0 Å². The zero-order valence-corrected chi connectivity index (χ0v) is 11.9. The highest BCUT2D eigenvalue weighted by Crippen LogP contribution is 2.22. The third-order valence-corrected chi connectivity index (χ3v) is 3.48. The van der Waals surface area contributed by atoms with Crippen LogP contribution in [0.25, 0.3) is 0 Å². The molecule has 1 aromatic carbocycles. The van der Waals surface area contributed by atoms with Crippen molar-refractivity contribution in [1.82, 2.24) is 5.32 Å². The van der Waals surface area contributed by atoms with E-state index < -0.39 is 0 Å². The van der Waals surface area contributed by atoms with Gasteiger partial charge in [0.2, 0.25) is 0 Å². The SMILES string of the molecule is Cc1cccc(C(=O)NCCSC(C)(C)C)c1. The van der Waals surface area contributed by atoms with Gasteiger partial charge in [-0.15, -0.1) is 0 Å². The van der Waals surface area contributed by atoms with Crippen LogP contribution in [0.4, 0.5) is 0 Å². The lowest BCUT2D eigenvalue weighted by molar-refractivity contribution is 0.0956. The lowest BCUT2D eigenvalue weighted by atomic mass is 10.1. The maximum absolute atomic E-state index is 11.8. The van der Waals surface area contributed by atoms with E-state index in [1.54, 1.807) is 0 Å². The minimum Gasteiger partial charge on any atom is -0.351 e. The van der Waals surface area contributed by atoms with Gasteiger partial charge in [0, 0.05) is 22.6 Å². The van der Waals surface area contributed by atoms with Gasteiger partial charge in [-0.1, -0.05) is 38.5 Å². The molecule has 0 bridgehead atoms. The van der Waals surface area contributed by atoms with Crippen molar-refractivity contribution in [1.29, 1.82) is 0 Å². The highest BCUT2D eigenvalue weighted by Gasteiger charge is 2.10. The summed E-state index contributed by atoms with van der Waals surface area (Å²) in [6.07, 6.45) is 0. The Morgan fingerprint density at radius 3 is 2.65 bits per heavy atom. The summed E-state index contributed by atoms with van der Waals surface area (Å²) < 4.78 is 0.258. The number of hydrogen-bond acceptors (Lipinski definition) is 2. The molecule has 0 spiro atoms. The second-order valence-electron chi connectivity index (χ2n) is 5.09. The van der Waals surface area contributed by atoms with Gasteiger partial charge < -0.3 is 5.32 Å². The van der Waals surface area contributed by atoms with Crippen LogP contribution in [0, 0.1) is 6.92 Å². The highest BCUT2D eigenvalue weighted by atomic mass is 32.2. The Morgan fingerprint density at radius 1 is 1.35 bits per heavy atom. The number of hydrogen-bond donors (Lipinski definition) is 1. The number of carbonyl (C=O) groups excluding carboxylic acids is 1. The van der Waals surface area contributed by atoms with Crippen LogP contribution in [-0.4, -0.2) is 23.0 Å². The smallest absolute Gasteiger partial charge is 0.251 e. The summed E-state index contributed by atoms with van der Waals surface area (Å²) >= 11 is 1.86. The van der Waals surface area contributed by atoms with E-state index in [4.69, 9.17) is 0 Å². The zero-order valence-electron chi connectivity index (χ0n) is 11.0. The monoisotopic (exact) mass is 251 g/mol. The molecule has 0 aliphatic carbocycles. The zero-order chi connectivity index (χ0) is 12.9. The Hall–Kier alpha value is -0.960. The van der Waals surface area contributed by atoms with Gasteiger partial charge in [-0.2, -0.15) is 11.8 Å². The molecule has 0 saturated heterocycles. The van der Waals surface area contributed by atoms with Crippen LogP contribution in [0.1, 0.15) is 36.7 Å². The fourth-order valence-corrected chi connectivity index (χ4v) is 2.23. The van der Waals surface area contributed by atoms with E-state index in [9.17, 15) is 4.79 Å². The highest BCUT2D eigenvalue weighted by molar-refractivity contribution is 8.00. The Balaban J connectivity index is 2.36. The molecule has 17 heavy (non-hydrogen) atoms. The Kier molecular flexibility index (Phi) is 5.06. The summed E-state index contributed by atoms with van der Waals surface area (Å²) in [5.41, 5.74) is 1.85. The molecule has 0 unspecified atom stereocenters. The van der Waals surface area contributed by atoms with E-state index in [2.05, 4.69) is 26.1 Å². The van der Waals surface area contributed by atoms with Crippen LogP contribution in [0.15, 0.2) is 24.3 Å². The van der Waals surface area contributed by atoms with Crippen molar-refractivity contribution >= 4 is 17.7 Å². The van der Waals surface area contributed by atoms with Crippen LogP contribution < -0.4 is 5.32 Å². The summed E-state index contributed by atoms with van der Waals surface area (Å²) in [5.74, 6) is 0.962. The molecule has 0 aliphatic heterocycles. The summed E-state index contributed by atoms with van der Waals surface area (Å²) in [5, 5.41) is 2.94. The second kappa shape index (κ2) is 6.10. The van der Waals surface area contributed by atoms with E-state index in [0.717, 1.165) is 16.9 Å². The van der Waals surface area contributed by atoms with Crippen LogP contribution in [0.2, 0.25) is 0 Å². The molecule has 3 heteroatoms. The molecule has 0 fully saturated rings. The van der Waals surface area contributed by atoms with E-state index in [0.29, 0.717) is 6.54 Å². The number of amides is 1. The quantitative estimate of drug-likeness (QED) is 0.832. The van der Waals surface area contributed by atoms with Crippen LogP contribution in [-0.2, 0) is 0 Å². The van der Waals surface area contributed by atoms with E-state index in [1.165, 1.54) is 0 Å². The maximum atomic E-state index is 11.8. The first-order valence-corrected chi connectivity index (χ1v) is 6.86. The van der Waals surface area contributed by atoms with Crippen molar-refractivity contribution in [2.75, 3.05) is 12.3 Å². The van der Waals surface area contributed by atoms with Gasteiger partial charge in [0.05, 0.1) is 0 Å². The molecular formula is C14H21NOS. The van der Waals surface area contributed by atoms with Gasteiger partial charge >= 0.3 is 0 Å². The fraction of sp³-hybridized carbons (Fsp3) is 0.500. The Labute approximate surface area is 108 Å². The lowest BCUT2D eigenvalue weighted by Crippen LogP contribution is -2.26. The first-order valence-electron chi connectivity index (χ1n) is 5.87. The van der Waals surface area contributed by atoms with E-state index in [-0.39, 0.29) is 10.7 Å². The minimum absolute atomic E-state index is 0.0169. The van der Waals surface area contributed by atoms with Gasteiger partial charge in [-0.3, -0.25) is 4.79 Å². The van der Waals surface area contributed by atoms with Crippen molar-refractivity contribution in [2.45, 2.75) is 32.4 Å². The van der Waals surface area contributed by atoms with Crippen LogP contribution in [0.5, 0.6) is 0 Å². The Bertz CT molecular complexity index is 382. The van der Waals surface area contributed by atoms with Crippen molar-refractivity contribution in [3.63, 3.8) is 0 Å². The molecule has 0 saturated carbocycles.